The Hall–Kier alpha value is -2.61. The van der Waals surface area contributed by atoms with Crippen LogP contribution in [0, 0.1) is 5.82 Å². The second kappa shape index (κ2) is 5.06. The first-order valence-corrected chi connectivity index (χ1v) is 6.44. The van der Waals surface area contributed by atoms with Gasteiger partial charge in [-0.3, -0.25) is 4.98 Å². The molecule has 0 atom stereocenters. The Morgan fingerprint density at radius 1 is 1.43 bits per heavy atom. The predicted octanol–water partition coefficient (Wildman–Crippen LogP) is 0.713. The van der Waals surface area contributed by atoms with E-state index in [4.69, 9.17) is 18.0 Å². The summed E-state index contributed by atoms with van der Waals surface area (Å²) < 4.78 is 16.5. The smallest absolute Gasteiger partial charge is 0.350 e. The van der Waals surface area contributed by atoms with Crippen molar-refractivity contribution in [2.24, 2.45) is 5.73 Å². The topological polar surface area (TPSA) is 78.2 Å². The first kappa shape index (κ1) is 13.4. The molecule has 0 radical (unpaired) electrons. The van der Waals surface area contributed by atoms with E-state index in [9.17, 15) is 9.18 Å². The van der Waals surface area contributed by atoms with Crippen LogP contribution in [0.15, 0.2) is 41.6 Å². The zero-order valence-corrected chi connectivity index (χ0v) is 11.5. The molecule has 2 N–H and O–H groups in total. The van der Waals surface area contributed by atoms with Gasteiger partial charge in [0.25, 0.3) is 0 Å². The third-order valence-electron chi connectivity index (χ3n) is 3.05. The molecule has 2 heterocycles. The largest absolute Gasteiger partial charge is 0.389 e. The molecule has 2 aromatic heterocycles. The van der Waals surface area contributed by atoms with Crippen molar-refractivity contribution in [3.63, 3.8) is 0 Å². The molecule has 0 aliphatic heterocycles. The molecule has 0 spiro atoms. The lowest BCUT2D eigenvalue weighted by Gasteiger charge is -2.04. The molecule has 0 aliphatic carbocycles. The highest BCUT2D eigenvalue weighted by molar-refractivity contribution is 7.80. The highest BCUT2D eigenvalue weighted by atomic mass is 32.1. The summed E-state index contributed by atoms with van der Waals surface area (Å²) in [5.41, 5.74) is 6.27. The maximum absolute atomic E-state index is 14.0. The van der Waals surface area contributed by atoms with E-state index in [1.165, 1.54) is 33.7 Å². The molecular formula is C13H10FN5OS. The molecular weight excluding hydrogens is 293 g/mol. The van der Waals surface area contributed by atoms with Crippen LogP contribution in [0.3, 0.4) is 0 Å². The Bertz CT molecular complexity index is 901. The third-order valence-corrected chi connectivity index (χ3v) is 3.28. The first-order valence-electron chi connectivity index (χ1n) is 6.03. The molecule has 8 heteroatoms. The second-order valence-corrected chi connectivity index (χ2v) is 4.86. The van der Waals surface area contributed by atoms with E-state index in [0.717, 1.165) is 0 Å². The second-order valence-electron chi connectivity index (χ2n) is 4.42. The summed E-state index contributed by atoms with van der Waals surface area (Å²) in [4.78, 5) is 16.1. The van der Waals surface area contributed by atoms with Gasteiger partial charge in [0.2, 0.25) is 0 Å². The number of rotatable bonds is 3. The molecule has 0 bridgehead atoms. The fourth-order valence-electron chi connectivity index (χ4n) is 1.97. The van der Waals surface area contributed by atoms with Gasteiger partial charge in [-0.25, -0.2) is 18.3 Å². The van der Waals surface area contributed by atoms with Gasteiger partial charge >= 0.3 is 5.69 Å². The molecule has 21 heavy (non-hydrogen) atoms. The lowest BCUT2D eigenvalue weighted by molar-refractivity contribution is 0.578. The number of hydrogen-bond donors (Lipinski definition) is 1. The molecule has 0 amide bonds. The van der Waals surface area contributed by atoms with Gasteiger partial charge in [-0.15, -0.1) is 5.10 Å². The van der Waals surface area contributed by atoms with Crippen molar-refractivity contribution < 1.29 is 4.39 Å². The summed E-state index contributed by atoms with van der Waals surface area (Å²) in [5, 5.41) is 4.09. The van der Waals surface area contributed by atoms with E-state index in [1.807, 2.05) is 0 Å². The van der Waals surface area contributed by atoms with Gasteiger partial charge in [0.05, 0.1) is 12.7 Å². The van der Waals surface area contributed by atoms with Gasteiger partial charge in [-0.2, -0.15) is 0 Å². The number of nitrogens with two attached hydrogens (primary N) is 1. The summed E-state index contributed by atoms with van der Waals surface area (Å²) >= 11 is 4.79. The van der Waals surface area contributed by atoms with Crippen molar-refractivity contribution in [2.45, 2.75) is 6.54 Å². The van der Waals surface area contributed by atoms with E-state index in [1.54, 1.807) is 12.1 Å². The Labute approximate surface area is 123 Å². The lowest BCUT2D eigenvalue weighted by Crippen LogP contribution is -2.22. The van der Waals surface area contributed by atoms with E-state index in [-0.39, 0.29) is 17.2 Å². The zero-order chi connectivity index (χ0) is 15.0. The number of nitrogens with zero attached hydrogens (tertiary/aromatic N) is 4. The number of thiocarbonyl (C=S) groups is 1. The molecule has 0 fully saturated rings. The average molecular weight is 303 g/mol. The third kappa shape index (κ3) is 2.40. The average Bonchev–Trinajstić information content (AvgIpc) is 2.78. The van der Waals surface area contributed by atoms with Crippen LogP contribution < -0.4 is 11.4 Å². The van der Waals surface area contributed by atoms with Gasteiger partial charge < -0.3 is 5.73 Å². The Balaban J connectivity index is 2.01. The molecule has 0 saturated heterocycles. The number of hydrogen-bond acceptors (Lipinski definition) is 4. The molecule has 6 nitrogen and oxygen atoms in total. The van der Waals surface area contributed by atoms with Gasteiger partial charge in [0.15, 0.2) is 5.65 Å². The molecule has 106 valence electrons. The van der Waals surface area contributed by atoms with Crippen LogP contribution in [0.5, 0.6) is 0 Å². The number of fused-ring (bicyclic) bond motifs is 1. The number of benzene rings is 1. The van der Waals surface area contributed by atoms with Crippen LogP contribution in [-0.4, -0.2) is 24.2 Å². The fourth-order valence-corrected chi connectivity index (χ4v) is 2.10. The summed E-state index contributed by atoms with van der Waals surface area (Å²) in [7, 11) is 0. The van der Waals surface area contributed by atoms with Crippen LogP contribution in [0.25, 0.3) is 5.65 Å². The highest BCUT2D eigenvalue weighted by Gasteiger charge is 2.10. The van der Waals surface area contributed by atoms with Crippen molar-refractivity contribution in [3.8, 4) is 0 Å². The number of aromatic nitrogens is 4. The van der Waals surface area contributed by atoms with Gasteiger partial charge in [-0.05, 0) is 6.07 Å². The van der Waals surface area contributed by atoms with Crippen molar-refractivity contribution in [1.29, 1.82) is 0 Å². The van der Waals surface area contributed by atoms with Crippen LogP contribution in [-0.2, 0) is 6.54 Å². The molecule has 3 rings (SSSR count). The Morgan fingerprint density at radius 3 is 2.90 bits per heavy atom. The van der Waals surface area contributed by atoms with E-state index >= 15 is 0 Å². The molecule has 0 aliphatic rings. The van der Waals surface area contributed by atoms with Gasteiger partial charge in [-0.1, -0.05) is 24.4 Å². The van der Waals surface area contributed by atoms with Crippen molar-refractivity contribution in [1.82, 2.24) is 19.2 Å². The monoisotopic (exact) mass is 303 g/mol. The summed E-state index contributed by atoms with van der Waals surface area (Å²) in [5.74, 6) is -0.484. The van der Waals surface area contributed by atoms with Crippen LogP contribution >= 0.6 is 12.2 Å². The van der Waals surface area contributed by atoms with Crippen molar-refractivity contribution in [2.75, 3.05) is 0 Å². The van der Waals surface area contributed by atoms with Crippen molar-refractivity contribution >= 4 is 22.9 Å². The van der Waals surface area contributed by atoms with Crippen molar-refractivity contribution in [3.05, 3.63) is 64.2 Å². The quantitative estimate of drug-likeness (QED) is 0.721. The molecule has 0 saturated carbocycles. The van der Waals surface area contributed by atoms with E-state index in [2.05, 4.69) is 10.1 Å². The van der Waals surface area contributed by atoms with Crippen LogP contribution in [0.2, 0.25) is 0 Å². The minimum absolute atomic E-state index is 0.0178. The summed E-state index contributed by atoms with van der Waals surface area (Å²) in [6.07, 6.45) is 4.45. The maximum atomic E-state index is 14.0. The fraction of sp³-hybridized carbons (Fsp3) is 0.0769. The van der Waals surface area contributed by atoms with E-state index < -0.39 is 5.82 Å². The molecule has 0 unspecified atom stereocenters. The SMILES string of the molecule is NC(=S)c1ccc(Cn2nc3cnccn3c2=O)c(F)c1. The first-order chi connectivity index (χ1) is 10.1. The number of halogens is 1. The standard InChI is InChI=1S/C13H10FN5OS/c14-10-5-8(12(15)21)1-2-9(10)7-19-13(20)18-4-3-16-6-11(18)17-19/h1-6H,7H2,(H2,15,21). The lowest BCUT2D eigenvalue weighted by atomic mass is 10.1. The molecule has 1 aromatic carbocycles. The van der Waals surface area contributed by atoms with E-state index in [0.29, 0.717) is 16.8 Å². The van der Waals surface area contributed by atoms with Gasteiger partial charge in [0.1, 0.15) is 10.8 Å². The zero-order valence-electron chi connectivity index (χ0n) is 10.7. The normalized spacial score (nSPS) is 10.9. The van der Waals surface area contributed by atoms with Gasteiger partial charge in [0, 0.05) is 23.5 Å². The predicted molar refractivity (Wildman–Crippen MR) is 78.6 cm³/mol. The highest BCUT2D eigenvalue weighted by Crippen LogP contribution is 2.11. The maximum Gasteiger partial charge on any atom is 0.350 e. The Kier molecular flexibility index (Phi) is 3.22. The molecule has 3 aromatic rings. The Morgan fingerprint density at radius 2 is 2.24 bits per heavy atom. The minimum Gasteiger partial charge on any atom is -0.389 e. The summed E-state index contributed by atoms with van der Waals surface area (Å²) in [6.45, 7) is 0.0178. The van der Waals surface area contributed by atoms with Crippen LogP contribution in [0.1, 0.15) is 11.1 Å². The van der Waals surface area contributed by atoms with Crippen LogP contribution in [0.4, 0.5) is 4.39 Å². The minimum atomic E-state index is -0.484. The summed E-state index contributed by atoms with van der Waals surface area (Å²) in [6, 6.07) is 4.40.